The lowest BCUT2D eigenvalue weighted by atomic mass is 9.94. The van der Waals surface area contributed by atoms with E-state index in [4.69, 9.17) is 9.84 Å². The summed E-state index contributed by atoms with van der Waals surface area (Å²) in [6.45, 7) is 13.2. The van der Waals surface area contributed by atoms with Crippen molar-refractivity contribution in [3.8, 4) is 5.69 Å². The lowest BCUT2D eigenvalue weighted by Crippen LogP contribution is -2.47. The molecular formula is C31H43N5O2. The van der Waals surface area contributed by atoms with Gasteiger partial charge in [-0.25, -0.2) is 4.68 Å². The quantitative estimate of drug-likeness (QED) is 0.321. The summed E-state index contributed by atoms with van der Waals surface area (Å²) >= 11 is 0. The number of methoxy groups -OCH3 is 1. The summed E-state index contributed by atoms with van der Waals surface area (Å²) in [7, 11) is 1.72. The molecule has 1 aromatic heterocycles. The molecule has 0 radical (unpaired) electrons. The normalized spacial score (nSPS) is 15.0. The van der Waals surface area contributed by atoms with Gasteiger partial charge in [-0.3, -0.25) is 4.79 Å². The Labute approximate surface area is 228 Å². The van der Waals surface area contributed by atoms with E-state index in [9.17, 15) is 4.79 Å². The summed E-state index contributed by atoms with van der Waals surface area (Å²) in [6, 6.07) is 20.5. The largest absolute Gasteiger partial charge is 0.385 e. The topological polar surface area (TPSA) is 53.8 Å². The zero-order valence-corrected chi connectivity index (χ0v) is 23.5. The maximum Gasteiger partial charge on any atom is 0.230 e. The van der Waals surface area contributed by atoms with Gasteiger partial charge < -0.3 is 19.4 Å². The van der Waals surface area contributed by atoms with E-state index in [2.05, 4.69) is 71.7 Å². The van der Waals surface area contributed by atoms with E-state index in [1.807, 2.05) is 29.2 Å². The first-order chi connectivity index (χ1) is 18.6. The number of likely N-dealkylation sites (N-methyl/N-ethyl adjacent to an activating group) is 1. The van der Waals surface area contributed by atoms with Crippen LogP contribution in [0.2, 0.25) is 0 Å². The Kier molecular flexibility index (Phi) is 9.96. The van der Waals surface area contributed by atoms with Gasteiger partial charge in [-0.05, 0) is 44.0 Å². The molecule has 1 fully saturated rings. The molecule has 1 aliphatic rings. The number of hydrogen-bond donors (Lipinski definition) is 0. The molecule has 1 unspecified atom stereocenters. The Morgan fingerprint density at radius 3 is 2.26 bits per heavy atom. The lowest BCUT2D eigenvalue weighted by Gasteiger charge is -2.36. The number of aromatic nitrogens is 2. The van der Waals surface area contributed by atoms with Crippen LogP contribution in [0.25, 0.3) is 5.69 Å². The highest BCUT2D eigenvalue weighted by molar-refractivity contribution is 5.84. The number of amides is 1. The fourth-order valence-electron chi connectivity index (χ4n) is 5.40. The van der Waals surface area contributed by atoms with Crippen LogP contribution in [0.4, 0.5) is 5.82 Å². The molecular weight excluding hydrogens is 474 g/mol. The number of para-hydroxylation sites is 1. The van der Waals surface area contributed by atoms with Gasteiger partial charge in [-0.2, -0.15) is 5.10 Å². The Morgan fingerprint density at radius 1 is 1.00 bits per heavy atom. The maximum absolute atomic E-state index is 14.1. The average Bonchev–Trinajstić information content (AvgIpc) is 3.29. The smallest absolute Gasteiger partial charge is 0.230 e. The lowest BCUT2D eigenvalue weighted by molar-refractivity contribution is -0.133. The van der Waals surface area contributed by atoms with E-state index in [1.165, 1.54) is 0 Å². The zero-order valence-electron chi connectivity index (χ0n) is 23.5. The van der Waals surface area contributed by atoms with Crippen LogP contribution in [0.15, 0.2) is 60.7 Å². The van der Waals surface area contributed by atoms with Crippen LogP contribution >= 0.6 is 0 Å². The third-order valence-electron chi connectivity index (χ3n) is 7.62. The third-order valence-corrected chi connectivity index (χ3v) is 7.62. The summed E-state index contributed by atoms with van der Waals surface area (Å²) in [5.41, 5.74) is 4.22. The fraction of sp³-hybridized carbons (Fsp3) is 0.484. The van der Waals surface area contributed by atoms with Crippen molar-refractivity contribution in [3.05, 3.63) is 77.5 Å². The van der Waals surface area contributed by atoms with Gasteiger partial charge in [0.15, 0.2) is 0 Å². The first-order valence-electron chi connectivity index (χ1n) is 14.0. The van der Waals surface area contributed by atoms with Gasteiger partial charge >= 0.3 is 0 Å². The standard InChI is InChI=1S/C31H43N5O2/c1-5-28(26-14-9-7-10-15-26)31(37)35(18-13-23-38-4)24-29-25(3)32-36(27-16-11-8-12-17-27)30(29)34-21-19-33(6-2)20-22-34/h7-12,14-17,28H,5-6,13,18-24H2,1-4H3. The first kappa shape index (κ1) is 27.9. The van der Waals surface area contributed by atoms with Crippen molar-refractivity contribution in [3.63, 3.8) is 0 Å². The highest BCUT2D eigenvalue weighted by atomic mass is 16.5. The zero-order chi connectivity index (χ0) is 26.9. The van der Waals surface area contributed by atoms with Gasteiger partial charge in [0.25, 0.3) is 0 Å². The first-order valence-corrected chi connectivity index (χ1v) is 14.0. The van der Waals surface area contributed by atoms with Crippen molar-refractivity contribution in [2.75, 3.05) is 57.9 Å². The molecule has 1 saturated heterocycles. The van der Waals surface area contributed by atoms with Gasteiger partial charge in [0.2, 0.25) is 5.91 Å². The molecule has 7 nitrogen and oxygen atoms in total. The maximum atomic E-state index is 14.1. The van der Waals surface area contributed by atoms with Crippen LogP contribution < -0.4 is 4.90 Å². The fourth-order valence-corrected chi connectivity index (χ4v) is 5.40. The highest BCUT2D eigenvalue weighted by Gasteiger charge is 2.30. The Hall–Kier alpha value is -3.16. The molecule has 0 saturated carbocycles. The number of benzene rings is 2. The number of piperazine rings is 1. The second-order valence-electron chi connectivity index (χ2n) is 10.0. The Morgan fingerprint density at radius 2 is 1.66 bits per heavy atom. The van der Waals surface area contributed by atoms with Gasteiger partial charge in [0.05, 0.1) is 23.8 Å². The van der Waals surface area contributed by atoms with Crippen molar-refractivity contribution in [1.82, 2.24) is 19.6 Å². The summed E-state index contributed by atoms with van der Waals surface area (Å²) < 4.78 is 7.43. The molecule has 0 N–H and O–H groups in total. The number of rotatable bonds is 12. The van der Waals surface area contributed by atoms with Crippen molar-refractivity contribution in [1.29, 1.82) is 0 Å². The second kappa shape index (κ2) is 13.6. The van der Waals surface area contributed by atoms with Crippen LogP contribution in [-0.2, 0) is 16.1 Å². The molecule has 1 amide bonds. The minimum absolute atomic E-state index is 0.167. The summed E-state index contributed by atoms with van der Waals surface area (Å²) in [4.78, 5) is 21.0. The SMILES string of the molecule is CCC(C(=O)N(CCCOC)Cc1c(C)nn(-c2ccccc2)c1N1CCN(CC)CC1)c1ccccc1. The molecule has 0 bridgehead atoms. The molecule has 1 atom stereocenters. The number of ether oxygens (including phenoxy) is 1. The van der Waals surface area contributed by atoms with Crippen LogP contribution in [0.1, 0.15) is 49.4 Å². The minimum atomic E-state index is -0.167. The molecule has 0 spiro atoms. The molecule has 4 rings (SSSR count). The predicted octanol–water partition coefficient (Wildman–Crippen LogP) is 4.88. The van der Waals surface area contributed by atoms with Crippen LogP contribution in [0.3, 0.4) is 0 Å². The van der Waals surface area contributed by atoms with Crippen LogP contribution in [-0.4, -0.2) is 78.5 Å². The van der Waals surface area contributed by atoms with Crippen molar-refractivity contribution in [2.24, 2.45) is 0 Å². The minimum Gasteiger partial charge on any atom is -0.385 e. The molecule has 1 aliphatic heterocycles. The summed E-state index contributed by atoms with van der Waals surface area (Å²) in [5.74, 6) is 1.12. The highest BCUT2D eigenvalue weighted by Crippen LogP contribution is 2.31. The Balaban J connectivity index is 1.71. The molecule has 2 heterocycles. The summed E-state index contributed by atoms with van der Waals surface area (Å²) in [6.07, 6.45) is 1.56. The molecule has 0 aliphatic carbocycles. The number of nitrogens with zero attached hydrogens (tertiary/aromatic N) is 5. The monoisotopic (exact) mass is 517 g/mol. The van der Waals surface area contributed by atoms with E-state index < -0.39 is 0 Å². The van der Waals surface area contributed by atoms with Crippen molar-refractivity contribution >= 4 is 11.7 Å². The van der Waals surface area contributed by atoms with Crippen molar-refractivity contribution < 1.29 is 9.53 Å². The van der Waals surface area contributed by atoms with E-state index in [0.717, 1.165) is 73.9 Å². The van der Waals surface area contributed by atoms with E-state index >= 15 is 0 Å². The van der Waals surface area contributed by atoms with E-state index in [0.29, 0.717) is 19.7 Å². The molecule has 38 heavy (non-hydrogen) atoms. The van der Waals surface area contributed by atoms with Gasteiger partial charge in [-0.15, -0.1) is 0 Å². The second-order valence-corrected chi connectivity index (χ2v) is 10.0. The molecule has 204 valence electrons. The number of hydrogen-bond acceptors (Lipinski definition) is 5. The van der Waals surface area contributed by atoms with Crippen LogP contribution in [0.5, 0.6) is 0 Å². The van der Waals surface area contributed by atoms with Gasteiger partial charge in [0, 0.05) is 52.0 Å². The van der Waals surface area contributed by atoms with Crippen molar-refractivity contribution in [2.45, 2.75) is 46.1 Å². The number of anilines is 1. The van der Waals surface area contributed by atoms with Crippen LogP contribution in [0, 0.1) is 6.92 Å². The molecule has 7 heteroatoms. The van der Waals surface area contributed by atoms with E-state index in [-0.39, 0.29) is 11.8 Å². The molecule has 3 aromatic rings. The Bertz CT molecular complexity index is 1140. The average molecular weight is 518 g/mol. The predicted molar refractivity (Wildman–Crippen MR) is 154 cm³/mol. The number of carbonyl (C=O) groups excluding carboxylic acids is 1. The number of carbonyl (C=O) groups is 1. The molecule has 2 aromatic carbocycles. The third kappa shape index (κ3) is 6.45. The van der Waals surface area contributed by atoms with Gasteiger partial charge in [0.1, 0.15) is 5.82 Å². The van der Waals surface area contributed by atoms with Gasteiger partial charge in [-0.1, -0.05) is 62.4 Å². The van der Waals surface area contributed by atoms with E-state index in [1.54, 1.807) is 7.11 Å². The number of aryl methyl sites for hydroxylation is 1. The summed E-state index contributed by atoms with van der Waals surface area (Å²) in [5, 5.41) is 5.03.